The molecule has 0 saturated carbocycles. The second-order valence-corrected chi connectivity index (χ2v) is 1.53. The maximum Gasteiger partial charge on any atom is 0.312 e. The summed E-state index contributed by atoms with van der Waals surface area (Å²) in [5.41, 5.74) is 4.51. The summed E-state index contributed by atoms with van der Waals surface area (Å²) in [4.78, 5) is 19.5. The molecule has 1 unspecified atom stereocenters. The Hall–Kier alpha value is -1.33. The van der Waals surface area contributed by atoms with E-state index >= 15 is 0 Å². The van der Waals surface area contributed by atoms with Crippen LogP contribution in [-0.2, 0) is 4.79 Å². The molecule has 0 radical (unpaired) electrons. The van der Waals surface area contributed by atoms with E-state index in [1.807, 2.05) is 0 Å². The van der Waals surface area contributed by atoms with Crippen LogP contribution in [0.2, 0.25) is 0 Å². The molecule has 0 aromatic heterocycles. The third-order valence-electron chi connectivity index (χ3n) is 0.711. The first-order valence-electron chi connectivity index (χ1n) is 2.42. The quantitative estimate of drug-likeness (QED) is 0.474. The lowest BCUT2D eigenvalue weighted by molar-refractivity contribution is -0.311. The van der Waals surface area contributed by atoms with Crippen LogP contribution in [0.25, 0.3) is 0 Å². The van der Waals surface area contributed by atoms with Gasteiger partial charge in [0.25, 0.3) is 0 Å². The molecule has 6 heteroatoms. The van der Waals surface area contributed by atoms with Crippen molar-refractivity contribution >= 4 is 12.0 Å². The Labute approximate surface area is 56.0 Å². The van der Waals surface area contributed by atoms with E-state index in [2.05, 4.69) is 5.73 Å². The molecule has 0 heterocycles. The van der Waals surface area contributed by atoms with Crippen molar-refractivity contribution in [3.05, 3.63) is 0 Å². The van der Waals surface area contributed by atoms with E-state index in [0.29, 0.717) is 0 Å². The normalized spacial score (nSPS) is 12.1. The largest absolute Gasteiger partial charge is 0.547 e. The number of carbonyl (C=O) groups excluding carboxylic acids is 2. The fourth-order valence-electron chi connectivity index (χ4n) is 0.274. The van der Waals surface area contributed by atoms with Crippen LogP contribution in [0.15, 0.2) is 0 Å². The van der Waals surface area contributed by atoms with Crippen LogP contribution in [0, 0.1) is 0 Å². The molecular weight excluding hydrogens is 143 g/mol. The van der Waals surface area contributed by atoms with Gasteiger partial charge in [-0.25, -0.2) is 9.18 Å². The highest BCUT2D eigenvalue weighted by Crippen LogP contribution is 1.83. The summed E-state index contributed by atoms with van der Waals surface area (Å²) in [6, 6.07) is -0.969. The summed E-state index contributed by atoms with van der Waals surface area (Å²) in [6.07, 6.45) is -2.20. The first-order chi connectivity index (χ1) is 4.54. The summed E-state index contributed by atoms with van der Waals surface area (Å²) >= 11 is 0. The Bertz CT molecular complexity index is 149. The van der Waals surface area contributed by atoms with Gasteiger partial charge in [-0.3, -0.25) is 0 Å². The Morgan fingerprint density at radius 3 is 2.50 bits per heavy atom. The minimum Gasteiger partial charge on any atom is -0.547 e. The van der Waals surface area contributed by atoms with Crippen molar-refractivity contribution < 1.29 is 19.1 Å². The lowest BCUT2D eigenvalue weighted by Crippen LogP contribution is -2.42. The zero-order valence-corrected chi connectivity index (χ0v) is 4.96. The van der Waals surface area contributed by atoms with Gasteiger partial charge in [0.15, 0.2) is 6.17 Å². The predicted octanol–water partition coefficient (Wildman–Crippen LogP) is -2.26. The number of hydrogen-bond donors (Lipinski definition) is 2. The van der Waals surface area contributed by atoms with Gasteiger partial charge in [0.2, 0.25) is 0 Å². The van der Waals surface area contributed by atoms with Gasteiger partial charge in [-0.2, -0.15) is 0 Å². The number of aliphatic carboxylic acids is 1. The number of carbonyl (C=O) groups is 2. The van der Waals surface area contributed by atoms with Crippen LogP contribution in [0.1, 0.15) is 0 Å². The number of halogens is 1. The third kappa shape index (κ3) is 3.65. The molecule has 10 heavy (non-hydrogen) atoms. The molecule has 0 saturated heterocycles. The van der Waals surface area contributed by atoms with Gasteiger partial charge in [0, 0.05) is 0 Å². The average molecular weight is 149 g/mol. The Balaban J connectivity index is 3.49. The second kappa shape index (κ2) is 3.65. The van der Waals surface area contributed by atoms with Gasteiger partial charge in [0.1, 0.15) is 0 Å². The highest BCUT2D eigenvalue weighted by molar-refractivity contribution is 5.74. The van der Waals surface area contributed by atoms with Gasteiger partial charge >= 0.3 is 6.03 Å². The Morgan fingerprint density at radius 2 is 2.20 bits per heavy atom. The summed E-state index contributed by atoms with van der Waals surface area (Å²) in [5.74, 6) is -1.87. The third-order valence-corrected chi connectivity index (χ3v) is 0.711. The molecule has 1 atom stereocenters. The summed E-state index contributed by atoms with van der Waals surface area (Å²) < 4.78 is 12.0. The van der Waals surface area contributed by atoms with Crippen LogP contribution >= 0.6 is 0 Å². The number of carboxylic acid groups (broad SMARTS) is 1. The van der Waals surface area contributed by atoms with Crippen molar-refractivity contribution in [2.24, 2.45) is 5.73 Å². The molecule has 5 nitrogen and oxygen atoms in total. The van der Waals surface area contributed by atoms with E-state index in [-0.39, 0.29) is 0 Å². The molecule has 0 aliphatic carbocycles. The van der Waals surface area contributed by atoms with Crippen molar-refractivity contribution in [2.45, 2.75) is 6.17 Å². The van der Waals surface area contributed by atoms with Gasteiger partial charge in [-0.15, -0.1) is 0 Å². The average Bonchev–Trinajstić information content (AvgIpc) is 1.82. The first kappa shape index (κ1) is 8.67. The molecule has 0 fully saturated rings. The van der Waals surface area contributed by atoms with E-state index in [0.717, 1.165) is 0 Å². The predicted molar refractivity (Wildman–Crippen MR) is 27.5 cm³/mol. The van der Waals surface area contributed by atoms with Crippen LogP contribution < -0.4 is 16.2 Å². The summed E-state index contributed by atoms with van der Waals surface area (Å²) in [6.45, 7) is -0.655. The number of carboxylic acids is 1. The lowest BCUT2D eigenvalue weighted by atomic mass is 10.4. The molecule has 0 aromatic rings. The van der Waals surface area contributed by atoms with E-state index in [1.54, 1.807) is 5.32 Å². The van der Waals surface area contributed by atoms with E-state index in [9.17, 15) is 19.1 Å². The molecule has 0 rings (SSSR count). The number of urea groups is 1. The number of nitrogens with two attached hydrogens (primary N) is 1. The molecule has 3 N–H and O–H groups in total. The topological polar surface area (TPSA) is 95.2 Å². The lowest BCUT2D eigenvalue weighted by Gasteiger charge is -2.07. The van der Waals surface area contributed by atoms with Crippen molar-refractivity contribution in [1.82, 2.24) is 5.32 Å². The number of rotatable bonds is 3. The SMILES string of the molecule is NC(=O)NCC(F)C(=O)[O-]. The standard InChI is InChI=1S/C4H7FN2O3/c5-2(3(8)9)1-7-4(6)10/h2H,1H2,(H,8,9)(H3,6,7,10)/p-1. The minimum atomic E-state index is -2.20. The number of primary amides is 1. The van der Waals surface area contributed by atoms with E-state index in [1.165, 1.54) is 0 Å². The van der Waals surface area contributed by atoms with Crippen LogP contribution in [-0.4, -0.2) is 24.7 Å². The molecule has 2 amide bonds. The van der Waals surface area contributed by atoms with E-state index < -0.39 is 24.7 Å². The van der Waals surface area contributed by atoms with Crippen molar-refractivity contribution in [1.29, 1.82) is 0 Å². The van der Waals surface area contributed by atoms with E-state index in [4.69, 9.17) is 0 Å². The molecule has 58 valence electrons. The van der Waals surface area contributed by atoms with Gasteiger partial charge in [-0.05, 0) is 0 Å². The van der Waals surface area contributed by atoms with Crippen molar-refractivity contribution in [3.63, 3.8) is 0 Å². The maximum atomic E-state index is 12.0. The Kier molecular flexibility index (Phi) is 3.16. The number of nitrogens with one attached hydrogen (secondary N) is 1. The van der Waals surface area contributed by atoms with Crippen molar-refractivity contribution in [2.75, 3.05) is 6.54 Å². The van der Waals surface area contributed by atoms with Gasteiger partial charge < -0.3 is 21.0 Å². The van der Waals surface area contributed by atoms with Crippen LogP contribution in [0.4, 0.5) is 9.18 Å². The fourth-order valence-corrected chi connectivity index (χ4v) is 0.274. The van der Waals surface area contributed by atoms with Crippen LogP contribution in [0.3, 0.4) is 0 Å². The minimum absolute atomic E-state index is 0.655. The number of amides is 2. The smallest absolute Gasteiger partial charge is 0.312 e. The Morgan fingerprint density at radius 1 is 1.70 bits per heavy atom. The second-order valence-electron chi connectivity index (χ2n) is 1.53. The molecule has 0 spiro atoms. The molecule has 0 aliphatic rings. The molecule has 0 aliphatic heterocycles. The molecular formula is C4H6FN2O3-. The van der Waals surface area contributed by atoms with Crippen molar-refractivity contribution in [3.8, 4) is 0 Å². The first-order valence-corrected chi connectivity index (χ1v) is 2.42. The summed E-state index contributed by atoms with van der Waals surface area (Å²) in [7, 11) is 0. The summed E-state index contributed by atoms with van der Waals surface area (Å²) in [5, 5.41) is 11.4. The zero-order valence-electron chi connectivity index (χ0n) is 4.96. The monoisotopic (exact) mass is 149 g/mol. The highest BCUT2D eigenvalue weighted by atomic mass is 19.1. The van der Waals surface area contributed by atoms with Gasteiger partial charge in [0.05, 0.1) is 12.5 Å². The number of alkyl halides is 1. The highest BCUT2D eigenvalue weighted by Gasteiger charge is 2.06. The molecule has 0 bridgehead atoms. The molecule has 0 aromatic carbocycles. The van der Waals surface area contributed by atoms with Crippen LogP contribution in [0.5, 0.6) is 0 Å². The zero-order chi connectivity index (χ0) is 8.15. The van der Waals surface area contributed by atoms with Gasteiger partial charge in [-0.1, -0.05) is 0 Å². The maximum absolute atomic E-state index is 12.0. The fraction of sp³-hybridized carbons (Fsp3) is 0.500. The number of hydrogen-bond acceptors (Lipinski definition) is 3.